The standard InChI is InChI=1S/C16H32N2O/c1-13(2)15-6-4-10-18(15)11-5-9-16(3,12-19)17-14-7-8-14/h13-15,17,19H,4-12H2,1-3H3. The second-order valence-electron chi connectivity index (χ2n) is 7.23. The van der Waals surface area contributed by atoms with Crippen molar-refractivity contribution >= 4 is 0 Å². The van der Waals surface area contributed by atoms with Crippen LogP contribution in [-0.2, 0) is 0 Å². The van der Waals surface area contributed by atoms with Crippen molar-refractivity contribution in [1.29, 1.82) is 0 Å². The first kappa shape index (κ1) is 15.3. The highest BCUT2D eigenvalue weighted by Gasteiger charge is 2.32. The lowest BCUT2D eigenvalue weighted by Crippen LogP contribution is -2.47. The Kier molecular flexibility index (Phi) is 5.27. The summed E-state index contributed by atoms with van der Waals surface area (Å²) in [7, 11) is 0. The molecule has 0 spiro atoms. The van der Waals surface area contributed by atoms with Gasteiger partial charge in [-0.25, -0.2) is 0 Å². The fraction of sp³-hybridized carbons (Fsp3) is 1.00. The van der Waals surface area contributed by atoms with Gasteiger partial charge in [-0.1, -0.05) is 13.8 Å². The number of rotatable bonds is 8. The Balaban J connectivity index is 1.72. The third-order valence-corrected chi connectivity index (χ3v) is 4.84. The van der Waals surface area contributed by atoms with Gasteiger partial charge < -0.3 is 15.3 Å². The van der Waals surface area contributed by atoms with Crippen LogP contribution in [0.3, 0.4) is 0 Å². The summed E-state index contributed by atoms with van der Waals surface area (Å²) in [6.45, 7) is 9.59. The molecule has 0 aromatic rings. The average molecular weight is 268 g/mol. The van der Waals surface area contributed by atoms with E-state index in [1.54, 1.807) is 0 Å². The van der Waals surface area contributed by atoms with E-state index in [9.17, 15) is 5.11 Å². The highest BCUT2D eigenvalue weighted by Crippen LogP contribution is 2.27. The molecule has 1 saturated carbocycles. The zero-order valence-electron chi connectivity index (χ0n) is 13.0. The van der Waals surface area contributed by atoms with Crippen molar-refractivity contribution in [2.45, 2.75) is 76.9 Å². The van der Waals surface area contributed by atoms with Crippen molar-refractivity contribution in [2.75, 3.05) is 19.7 Å². The zero-order chi connectivity index (χ0) is 13.9. The maximum atomic E-state index is 9.62. The summed E-state index contributed by atoms with van der Waals surface area (Å²) in [5.74, 6) is 0.774. The molecule has 2 rings (SSSR count). The molecular formula is C16H32N2O. The number of hydrogen-bond acceptors (Lipinski definition) is 3. The van der Waals surface area contributed by atoms with Gasteiger partial charge in [-0.15, -0.1) is 0 Å². The van der Waals surface area contributed by atoms with Gasteiger partial charge in [-0.2, -0.15) is 0 Å². The smallest absolute Gasteiger partial charge is 0.0610 e. The van der Waals surface area contributed by atoms with E-state index in [1.807, 2.05) is 0 Å². The van der Waals surface area contributed by atoms with Gasteiger partial charge in [-0.3, -0.25) is 0 Å². The van der Waals surface area contributed by atoms with Gasteiger partial charge in [0.2, 0.25) is 0 Å². The van der Waals surface area contributed by atoms with Crippen LogP contribution in [0.1, 0.15) is 59.3 Å². The van der Waals surface area contributed by atoms with E-state index in [0.717, 1.165) is 18.4 Å². The Bertz CT molecular complexity index is 278. The first-order valence-electron chi connectivity index (χ1n) is 8.17. The molecule has 2 atom stereocenters. The van der Waals surface area contributed by atoms with Crippen LogP contribution in [0.15, 0.2) is 0 Å². The Hall–Kier alpha value is -0.120. The van der Waals surface area contributed by atoms with E-state index in [0.29, 0.717) is 6.04 Å². The SMILES string of the molecule is CC(C)C1CCCN1CCCC(C)(CO)NC1CC1. The Labute approximate surface area is 118 Å². The fourth-order valence-electron chi connectivity index (χ4n) is 3.47. The summed E-state index contributed by atoms with van der Waals surface area (Å²) in [6, 6.07) is 1.46. The molecule has 2 aliphatic rings. The van der Waals surface area contributed by atoms with E-state index in [4.69, 9.17) is 0 Å². The van der Waals surface area contributed by atoms with Crippen molar-refractivity contribution in [3.8, 4) is 0 Å². The summed E-state index contributed by atoms with van der Waals surface area (Å²) in [6.07, 6.45) is 7.59. The summed E-state index contributed by atoms with van der Waals surface area (Å²) >= 11 is 0. The van der Waals surface area contributed by atoms with Crippen LogP contribution in [0.25, 0.3) is 0 Å². The number of hydrogen-bond donors (Lipinski definition) is 2. The number of nitrogens with one attached hydrogen (secondary N) is 1. The molecule has 0 aromatic carbocycles. The van der Waals surface area contributed by atoms with E-state index in [2.05, 4.69) is 31.0 Å². The van der Waals surface area contributed by atoms with Crippen molar-refractivity contribution < 1.29 is 5.11 Å². The maximum Gasteiger partial charge on any atom is 0.0610 e. The molecule has 2 N–H and O–H groups in total. The predicted octanol–water partition coefficient (Wildman–Crippen LogP) is 2.39. The van der Waals surface area contributed by atoms with Crippen LogP contribution in [-0.4, -0.2) is 47.3 Å². The molecule has 2 unspecified atom stereocenters. The quantitative estimate of drug-likeness (QED) is 0.709. The molecule has 2 fully saturated rings. The lowest BCUT2D eigenvalue weighted by molar-refractivity contribution is 0.147. The van der Waals surface area contributed by atoms with Gasteiger partial charge in [0.25, 0.3) is 0 Å². The zero-order valence-corrected chi connectivity index (χ0v) is 13.0. The van der Waals surface area contributed by atoms with Gasteiger partial charge in [-0.05, 0) is 64.5 Å². The minimum atomic E-state index is -0.0613. The Morgan fingerprint density at radius 2 is 2.05 bits per heavy atom. The van der Waals surface area contributed by atoms with E-state index >= 15 is 0 Å². The molecule has 0 radical (unpaired) electrons. The van der Waals surface area contributed by atoms with Crippen molar-refractivity contribution in [3.05, 3.63) is 0 Å². The molecule has 3 nitrogen and oxygen atoms in total. The van der Waals surface area contributed by atoms with Crippen LogP contribution in [0, 0.1) is 5.92 Å². The van der Waals surface area contributed by atoms with E-state index < -0.39 is 0 Å². The molecule has 19 heavy (non-hydrogen) atoms. The second kappa shape index (κ2) is 6.55. The average Bonchev–Trinajstić information content (AvgIpc) is 3.04. The molecule has 0 aromatic heterocycles. The molecule has 112 valence electrons. The summed E-state index contributed by atoms with van der Waals surface area (Å²) in [5, 5.41) is 13.2. The topological polar surface area (TPSA) is 35.5 Å². The molecule has 1 saturated heterocycles. The highest BCUT2D eigenvalue weighted by atomic mass is 16.3. The number of nitrogens with zero attached hydrogens (tertiary/aromatic N) is 1. The van der Waals surface area contributed by atoms with Crippen molar-refractivity contribution in [1.82, 2.24) is 10.2 Å². The summed E-state index contributed by atoms with van der Waals surface area (Å²) in [5.41, 5.74) is -0.0613. The van der Waals surface area contributed by atoms with Crippen molar-refractivity contribution in [3.63, 3.8) is 0 Å². The van der Waals surface area contributed by atoms with Crippen molar-refractivity contribution in [2.24, 2.45) is 5.92 Å². The molecule has 3 heteroatoms. The number of likely N-dealkylation sites (tertiary alicyclic amines) is 1. The lowest BCUT2D eigenvalue weighted by atomic mass is 9.96. The van der Waals surface area contributed by atoms with Gasteiger partial charge >= 0.3 is 0 Å². The molecule has 1 aliphatic carbocycles. The van der Waals surface area contributed by atoms with Gasteiger partial charge in [0.05, 0.1) is 6.61 Å². The van der Waals surface area contributed by atoms with E-state index in [-0.39, 0.29) is 12.1 Å². The molecule has 0 bridgehead atoms. The van der Waals surface area contributed by atoms with Crippen LogP contribution >= 0.6 is 0 Å². The summed E-state index contributed by atoms with van der Waals surface area (Å²) < 4.78 is 0. The number of aliphatic hydroxyl groups excluding tert-OH is 1. The second-order valence-corrected chi connectivity index (χ2v) is 7.23. The molecular weight excluding hydrogens is 236 g/mol. The largest absolute Gasteiger partial charge is 0.394 e. The maximum absolute atomic E-state index is 9.62. The molecule has 1 aliphatic heterocycles. The van der Waals surface area contributed by atoms with Gasteiger partial charge in [0, 0.05) is 17.6 Å². The van der Waals surface area contributed by atoms with Crippen LogP contribution < -0.4 is 5.32 Å². The van der Waals surface area contributed by atoms with Crippen LogP contribution in [0.5, 0.6) is 0 Å². The Morgan fingerprint density at radius 1 is 1.32 bits per heavy atom. The minimum absolute atomic E-state index is 0.0613. The minimum Gasteiger partial charge on any atom is -0.394 e. The van der Waals surface area contributed by atoms with Gasteiger partial charge in [0.15, 0.2) is 0 Å². The normalized spacial score (nSPS) is 27.9. The van der Waals surface area contributed by atoms with Crippen LogP contribution in [0.2, 0.25) is 0 Å². The monoisotopic (exact) mass is 268 g/mol. The Morgan fingerprint density at radius 3 is 2.63 bits per heavy atom. The number of aliphatic hydroxyl groups is 1. The first-order chi connectivity index (χ1) is 9.04. The predicted molar refractivity (Wildman–Crippen MR) is 80.3 cm³/mol. The van der Waals surface area contributed by atoms with Crippen LogP contribution in [0.4, 0.5) is 0 Å². The highest BCUT2D eigenvalue weighted by molar-refractivity contribution is 4.92. The third kappa shape index (κ3) is 4.44. The third-order valence-electron chi connectivity index (χ3n) is 4.84. The fourth-order valence-corrected chi connectivity index (χ4v) is 3.47. The van der Waals surface area contributed by atoms with Gasteiger partial charge in [0.1, 0.15) is 0 Å². The molecule has 1 heterocycles. The molecule has 0 amide bonds. The first-order valence-corrected chi connectivity index (χ1v) is 8.17. The summed E-state index contributed by atoms with van der Waals surface area (Å²) in [4.78, 5) is 2.67. The van der Waals surface area contributed by atoms with E-state index in [1.165, 1.54) is 45.2 Å². The lowest BCUT2D eigenvalue weighted by Gasteiger charge is -2.32.